The molecule has 1 fully saturated rings. The van der Waals surface area contributed by atoms with Crippen molar-refractivity contribution >= 4 is 11.9 Å². The SMILES string of the molecule is CC(=O)OC[C@H]1O[CH]CC[C@@H]1OC(C)=O. The number of ether oxygens (including phenoxy) is 3. The van der Waals surface area contributed by atoms with Gasteiger partial charge in [0.2, 0.25) is 0 Å². The highest BCUT2D eigenvalue weighted by Gasteiger charge is 2.29. The quantitative estimate of drug-likeness (QED) is 0.652. The van der Waals surface area contributed by atoms with Gasteiger partial charge in [-0.25, -0.2) is 0 Å². The summed E-state index contributed by atoms with van der Waals surface area (Å²) in [5.41, 5.74) is 0. The average Bonchev–Trinajstić information content (AvgIpc) is 2.15. The monoisotopic (exact) mass is 215 g/mol. The first-order valence-corrected chi connectivity index (χ1v) is 4.87. The molecule has 5 nitrogen and oxygen atoms in total. The summed E-state index contributed by atoms with van der Waals surface area (Å²) in [6.45, 7) is 4.44. The van der Waals surface area contributed by atoms with Gasteiger partial charge in [0, 0.05) is 13.8 Å². The van der Waals surface area contributed by atoms with E-state index in [2.05, 4.69) is 0 Å². The Bertz CT molecular complexity index is 238. The molecule has 0 aromatic heterocycles. The van der Waals surface area contributed by atoms with E-state index in [1.165, 1.54) is 13.8 Å². The molecular weight excluding hydrogens is 200 g/mol. The van der Waals surface area contributed by atoms with Crippen LogP contribution in [-0.4, -0.2) is 30.8 Å². The first kappa shape index (κ1) is 12.0. The Kier molecular flexibility index (Phi) is 4.55. The highest BCUT2D eigenvalue weighted by atomic mass is 16.6. The molecule has 0 aromatic carbocycles. The van der Waals surface area contributed by atoms with Gasteiger partial charge in [-0.05, 0) is 12.8 Å². The van der Waals surface area contributed by atoms with Crippen LogP contribution < -0.4 is 0 Å². The fourth-order valence-corrected chi connectivity index (χ4v) is 1.39. The van der Waals surface area contributed by atoms with E-state index >= 15 is 0 Å². The predicted octanol–water partition coefficient (Wildman–Crippen LogP) is 0.822. The molecule has 0 N–H and O–H groups in total. The molecule has 1 saturated heterocycles. The number of carbonyl (C=O) groups excluding carboxylic acids is 2. The van der Waals surface area contributed by atoms with Crippen LogP contribution in [0.1, 0.15) is 26.7 Å². The minimum absolute atomic E-state index is 0.115. The van der Waals surface area contributed by atoms with E-state index in [0.29, 0.717) is 6.42 Å². The Hall–Kier alpha value is -1.10. The van der Waals surface area contributed by atoms with Crippen molar-refractivity contribution in [1.29, 1.82) is 0 Å². The molecular formula is C10H15O5. The molecule has 0 unspecified atom stereocenters. The fourth-order valence-electron chi connectivity index (χ4n) is 1.39. The molecule has 15 heavy (non-hydrogen) atoms. The topological polar surface area (TPSA) is 61.8 Å². The Morgan fingerprint density at radius 3 is 2.73 bits per heavy atom. The van der Waals surface area contributed by atoms with Crippen molar-refractivity contribution in [2.45, 2.75) is 38.9 Å². The molecule has 0 aromatic rings. The average molecular weight is 215 g/mol. The molecule has 1 radical (unpaired) electrons. The van der Waals surface area contributed by atoms with Crippen LogP contribution in [0.25, 0.3) is 0 Å². The van der Waals surface area contributed by atoms with E-state index < -0.39 is 0 Å². The molecule has 85 valence electrons. The van der Waals surface area contributed by atoms with E-state index in [1.54, 1.807) is 6.61 Å². The van der Waals surface area contributed by atoms with Crippen LogP contribution in [0.2, 0.25) is 0 Å². The van der Waals surface area contributed by atoms with Gasteiger partial charge in [-0.2, -0.15) is 0 Å². The van der Waals surface area contributed by atoms with Crippen molar-refractivity contribution in [3.8, 4) is 0 Å². The van der Waals surface area contributed by atoms with Crippen LogP contribution in [0, 0.1) is 6.61 Å². The number of hydrogen-bond acceptors (Lipinski definition) is 5. The summed E-state index contributed by atoms with van der Waals surface area (Å²) in [4.78, 5) is 21.4. The van der Waals surface area contributed by atoms with Gasteiger partial charge < -0.3 is 14.2 Å². The lowest BCUT2D eigenvalue weighted by Gasteiger charge is -2.30. The number of hydrogen-bond donors (Lipinski definition) is 0. The maximum Gasteiger partial charge on any atom is 0.302 e. The summed E-state index contributed by atoms with van der Waals surface area (Å²) < 4.78 is 15.1. The lowest BCUT2D eigenvalue weighted by atomic mass is 10.1. The zero-order valence-corrected chi connectivity index (χ0v) is 8.89. The van der Waals surface area contributed by atoms with E-state index in [1.807, 2.05) is 0 Å². The Morgan fingerprint density at radius 1 is 1.40 bits per heavy atom. The van der Waals surface area contributed by atoms with Gasteiger partial charge >= 0.3 is 11.9 Å². The van der Waals surface area contributed by atoms with Gasteiger partial charge in [0.25, 0.3) is 0 Å². The Morgan fingerprint density at radius 2 is 2.13 bits per heavy atom. The molecule has 1 rings (SSSR count). The van der Waals surface area contributed by atoms with Crippen LogP contribution in [0.4, 0.5) is 0 Å². The number of rotatable bonds is 3. The first-order chi connectivity index (χ1) is 7.09. The van der Waals surface area contributed by atoms with Crippen LogP contribution in [0.15, 0.2) is 0 Å². The van der Waals surface area contributed by atoms with Crippen molar-refractivity contribution in [2.24, 2.45) is 0 Å². The molecule has 0 amide bonds. The van der Waals surface area contributed by atoms with E-state index in [9.17, 15) is 9.59 Å². The smallest absolute Gasteiger partial charge is 0.302 e. The van der Waals surface area contributed by atoms with Gasteiger partial charge in [-0.1, -0.05) is 0 Å². The third-order valence-electron chi connectivity index (χ3n) is 2.02. The molecule has 1 aliphatic rings. The fraction of sp³-hybridized carbons (Fsp3) is 0.700. The predicted molar refractivity (Wildman–Crippen MR) is 50.6 cm³/mol. The van der Waals surface area contributed by atoms with E-state index in [-0.39, 0.29) is 30.8 Å². The summed E-state index contributed by atoms with van der Waals surface area (Å²) in [5.74, 6) is -0.718. The van der Waals surface area contributed by atoms with Crippen molar-refractivity contribution in [3.05, 3.63) is 6.61 Å². The second-order valence-corrected chi connectivity index (χ2v) is 3.37. The minimum Gasteiger partial charge on any atom is -0.463 e. The van der Waals surface area contributed by atoms with Crippen molar-refractivity contribution in [2.75, 3.05) is 6.61 Å². The third kappa shape index (κ3) is 4.29. The van der Waals surface area contributed by atoms with E-state index in [0.717, 1.165) is 6.42 Å². The van der Waals surface area contributed by atoms with Gasteiger partial charge in [0.15, 0.2) is 0 Å². The molecule has 5 heteroatoms. The normalized spacial score (nSPS) is 25.7. The van der Waals surface area contributed by atoms with Crippen molar-refractivity contribution < 1.29 is 23.8 Å². The molecule has 2 atom stereocenters. The molecule has 0 bridgehead atoms. The summed E-state index contributed by atoms with van der Waals surface area (Å²) in [6, 6.07) is 0. The Balaban J connectivity index is 2.42. The lowest BCUT2D eigenvalue weighted by molar-refractivity contribution is -0.165. The van der Waals surface area contributed by atoms with Gasteiger partial charge in [0.05, 0.1) is 6.61 Å². The van der Waals surface area contributed by atoms with Crippen LogP contribution in [-0.2, 0) is 23.8 Å². The van der Waals surface area contributed by atoms with E-state index in [4.69, 9.17) is 14.2 Å². The summed E-state index contributed by atoms with van der Waals surface area (Å²) in [5, 5.41) is 0. The van der Waals surface area contributed by atoms with Crippen LogP contribution >= 0.6 is 0 Å². The molecule has 0 aliphatic carbocycles. The number of esters is 2. The molecule has 1 aliphatic heterocycles. The number of carbonyl (C=O) groups is 2. The van der Waals surface area contributed by atoms with Crippen molar-refractivity contribution in [1.82, 2.24) is 0 Å². The lowest BCUT2D eigenvalue weighted by Crippen LogP contribution is -2.39. The van der Waals surface area contributed by atoms with Crippen molar-refractivity contribution in [3.63, 3.8) is 0 Å². The Labute approximate surface area is 88.7 Å². The zero-order chi connectivity index (χ0) is 11.3. The first-order valence-electron chi connectivity index (χ1n) is 4.87. The summed E-state index contributed by atoms with van der Waals surface area (Å²) >= 11 is 0. The van der Waals surface area contributed by atoms with Gasteiger partial charge in [-0.3, -0.25) is 9.59 Å². The highest BCUT2D eigenvalue weighted by molar-refractivity contribution is 5.66. The summed E-state index contributed by atoms with van der Waals surface area (Å²) in [6.07, 6.45) is 0.721. The second-order valence-electron chi connectivity index (χ2n) is 3.37. The maximum absolute atomic E-state index is 10.8. The van der Waals surface area contributed by atoms with Crippen LogP contribution in [0.3, 0.4) is 0 Å². The van der Waals surface area contributed by atoms with Crippen LogP contribution in [0.5, 0.6) is 0 Å². The largest absolute Gasteiger partial charge is 0.463 e. The molecule has 0 saturated carbocycles. The minimum atomic E-state index is -0.383. The standard InChI is InChI=1S/C10H15O5/c1-7(11)14-6-10-9(15-8(2)12)4-3-5-13-10/h5,9-10H,3-4,6H2,1-2H3/t9-,10+/m0/s1. The molecule has 0 spiro atoms. The second kappa shape index (κ2) is 5.70. The molecule has 1 heterocycles. The maximum atomic E-state index is 10.8. The third-order valence-corrected chi connectivity index (χ3v) is 2.02. The van der Waals surface area contributed by atoms with Gasteiger partial charge in [0.1, 0.15) is 18.8 Å². The van der Waals surface area contributed by atoms with Gasteiger partial charge in [-0.15, -0.1) is 0 Å². The summed E-state index contributed by atoms with van der Waals surface area (Å²) in [7, 11) is 0. The zero-order valence-electron chi connectivity index (χ0n) is 8.89. The highest BCUT2D eigenvalue weighted by Crippen LogP contribution is 2.20.